The summed E-state index contributed by atoms with van der Waals surface area (Å²) in [6.07, 6.45) is 0.718. The molecule has 2 heterocycles. The quantitative estimate of drug-likeness (QED) is 0.840. The Morgan fingerprint density at radius 2 is 2.12 bits per heavy atom. The third-order valence-corrected chi connectivity index (χ3v) is 5.38. The van der Waals surface area contributed by atoms with Gasteiger partial charge in [-0.25, -0.2) is 0 Å². The van der Waals surface area contributed by atoms with E-state index in [1.165, 1.54) is 18.3 Å². The molecule has 24 heavy (non-hydrogen) atoms. The van der Waals surface area contributed by atoms with E-state index in [9.17, 15) is 14.7 Å². The molecule has 126 valence electrons. The molecule has 0 amide bonds. The highest BCUT2D eigenvalue weighted by atomic mass is 35.5. The monoisotopic (exact) mass is 365 g/mol. The number of fused-ring (bicyclic) bond motifs is 1. The van der Waals surface area contributed by atoms with Gasteiger partial charge in [0.05, 0.1) is 0 Å². The Morgan fingerprint density at radius 1 is 1.38 bits per heavy atom. The number of carbonyl (C=O) groups is 2. The van der Waals surface area contributed by atoms with Crippen LogP contribution in [0.3, 0.4) is 0 Å². The molecule has 0 bridgehead atoms. The molecule has 1 N–H and O–H groups in total. The first-order valence-electron chi connectivity index (χ1n) is 7.47. The normalized spacial score (nSPS) is 15.6. The van der Waals surface area contributed by atoms with Gasteiger partial charge in [-0.05, 0) is 29.7 Å². The van der Waals surface area contributed by atoms with Crippen LogP contribution in [0, 0.1) is 0 Å². The molecule has 1 atom stereocenters. The number of esters is 1. The molecule has 7 heteroatoms. The second kappa shape index (κ2) is 6.93. The number of carboxylic acid groups (broad SMARTS) is 1. The summed E-state index contributed by atoms with van der Waals surface area (Å²) >= 11 is 7.64. The summed E-state index contributed by atoms with van der Waals surface area (Å²) in [7, 11) is 0. The molecule has 0 saturated heterocycles. The van der Waals surface area contributed by atoms with E-state index in [-0.39, 0.29) is 5.97 Å². The maximum Gasteiger partial charge on any atom is 0.325 e. The minimum Gasteiger partial charge on any atom is -0.480 e. The van der Waals surface area contributed by atoms with Crippen molar-refractivity contribution in [3.63, 3.8) is 0 Å². The Balaban J connectivity index is 1.87. The van der Waals surface area contributed by atoms with Crippen LogP contribution < -0.4 is 4.74 Å². The first kappa shape index (κ1) is 17.0. The van der Waals surface area contributed by atoms with Gasteiger partial charge >= 0.3 is 11.9 Å². The first-order chi connectivity index (χ1) is 11.5. The van der Waals surface area contributed by atoms with E-state index in [0.29, 0.717) is 28.7 Å². The van der Waals surface area contributed by atoms with Crippen LogP contribution in [-0.2, 0) is 22.6 Å². The minimum absolute atomic E-state index is 0.357. The SMILES string of the molecule is CC(=O)Oc1cc2c(s1)CCN([C@H](C(=O)O)c1ccccc1Cl)C2. The van der Waals surface area contributed by atoms with Crippen LogP contribution in [0.5, 0.6) is 5.06 Å². The molecule has 1 aromatic carbocycles. The molecule has 0 radical (unpaired) electrons. The molecule has 0 aliphatic carbocycles. The molecule has 1 aliphatic rings. The maximum absolute atomic E-state index is 11.8. The van der Waals surface area contributed by atoms with Gasteiger partial charge in [0.1, 0.15) is 6.04 Å². The van der Waals surface area contributed by atoms with Crippen molar-refractivity contribution in [3.05, 3.63) is 51.4 Å². The van der Waals surface area contributed by atoms with Gasteiger partial charge in [0.15, 0.2) is 5.06 Å². The van der Waals surface area contributed by atoms with Gasteiger partial charge in [0.25, 0.3) is 0 Å². The van der Waals surface area contributed by atoms with Crippen molar-refractivity contribution in [3.8, 4) is 5.06 Å². The Hall–Kier alpha value is -1.89. The molecule has 2 aromatic rings. The van der Waals surface area contributed by atoms with Crippen molar-refractivity contribution < 1.29 is 19.4 Å². The number of hydrogen-bond donors (Lipinski definition) is 1. The molecule has 0 fully saturated rings. The number of thiophene rings is 1. The maximum atomic E-state index is 11.8. The number of carbonyl (C=O) groups excluding carboxylic acids is 1. The van der Waals surface area contributed by atoms with Crippen LogP contribution in [0.1, 0.15) is 29.0 Å². The summed E-state index contributed by atoms with van der Waals surface area (Å²) in [5, 5.41) is 10.7. The predicted octanol–water partition coefficient (Wildman–Crippen LogP) is 3.51. The van der Waals surface area contributed by atoms with Gasteiger partial charge in [-0.1, -0.05) is 29.8 Å². The van der Waals surface area contributed by atoms with Crippen molar-refractivity contribution in [2.45, 2.75) is 25.9 Å². The largest absolute Gasteiger partial charge is 0.480 e. The van der Waals surface area contributed by atoms with E-state index < -0.39 is 12.0 Å². The van der Waals surface area contributed by atoms with Gasteiger partial charge in [0.2, 0.25) is 0 Å². The van der Waals surface area contributed by atoms with Crippen molar-refractivity contribution in [1.82, 2.24) is 4.90 Å². The van der Waals surface area contributed by atoms with Gasteiger partial charge in [0, 0.05) is 29.9 Å². The van der Waals surface area contributed by atoms with Crippen molar-refractivity contribution in [2.24, 2.45) is 0 Å². The molecule has 5 nitrogen and oxygen atoms in total. The minimum atomic E-state index is -0.929. The second-order valence-corrected chi connectivity index (χ2v) is 7.10. The zero-order chi connectivity index (χ0) is 17.3. The Bertz CT molecular complexity index is 789. The molecular weight excluding hydrogens is 350 g/mol. The molecule has 1 aliphatic heterocycles. The van der Waals surface area contributed by atoms with Crippen LogP contribution in [0.4, 0.5) is 0 Å². The predicted molar refractivity (Wildman–Crippen MR) is 91.6 cm³/mol. The number of benzene rings is 1. The lowest BCUT2D eigenvalue weighted by Gasteiger charge is -2.32. The fourth-order valence-corrected chi connectivity index (χ4v) is 4.21. The fraction of sp³-hybridized carbons (Fsp3) is 0.294. The molecule has 0 unspecified atom stereocenters. The number of nitrogens with zero attached hydrogens (tertiary/aromatic N) is 1. The average Bonchev–Trinajstić information content (AvgIpc) is 2.89. The van der Waals surface area contributed by atoms with Crippen molar-refractivity contribution >= 4 is 34.9 Å². The van der Waals surface area contributed by atoms with Gasteiger partial charge in [-0.3, -0.25) is 14.5 Å². The van der Waals surface area contributed by atoms with Crippen LogP contribution in [0.2, 0.25) is 5.02 Å². The summed E-state index contributed by atoms with van der Waals surface area (Å²) in [5.74, 6) is -1.29. The Morgan fingerprint density at radius 3 is 2.79 bits per heavy atom. The third kappa shape index (κ3) is 3.45. The summed E-state index contributed by atoms with van der Waals surface area (Å²) < 4.78 is 5.14. The number of carboxylic acids is 1. The summed E-state index contributed by atoms with van der Waals surface area (Å²) in [4.78, 5) is 26.0. The molecule has 1 aromatic heterocycles. The topological polar surface area (TPSA) is 66.8 Å². The standard InChI is InChI=1S/C17H16ClNO4S/c1-10(20)23-15-8-11-9-19(7-6-14(11)24-15)16(17(21)22)12-4-2-3-5-13(12)18/h2-5,8,16H,6-7,9H2,1H3,(H,21,22)/t16-/m0/s1. The van der Waals surface area contributed by atoms with E-state index in [1.807, 2.05) is 11.0 Å². The zero-order valence-corrected chi connectivity index (χ0v) is 14.6. The van der Waals surface area contributed by atoms with Crippen LogP contribution >= 0.6 is 22.9 Å². The summed E-state index contributed by atoms with van der Waals surface area (Å²) in [6, 6.07) is 8.03. The number of aliphatic carboxylic acids is 1. The van der Waals surface area contributed by atoms with E-state index in [4.69, 9.17) is 16.3 Å². The number of halogens is 1. The molecular formula is C17H16ClNO4S. The number of hydrogen-bond acceptors (Lipinski definition) is 5. The summed E-state index contributed by atoms with van der Waals surface area (Å²) in [6.45, 7) is 2.45. The Labute approximate surface area is 148 Å². The lowest BCUT2D eigenvalue weighted by molar-refractivity contribution is -0.144. The van der Waals surface area contributed by atoms with E-state index in [2.05, 4.69) is 0 Å². The molecule has 0 saturated carbocycles. The van der Waals surface area contributed by atoms with E-state index >= 15 is 0 Å². The van der Waals surface area contributed by atoms with Gasteiger partial charge in [-0.15, -0.1) is 11.3 Å². The van der Waals surface area contributed by atoms with Gasteiger partial charge < -0.3 is 9.84 Å². The lowest BCUT2D eigenvalue weighted by atomic mass is 10.0. The second-order valence-electron chi connectivity index (χ2n) is 5.59. The van der Waals surface area contributed by atoms with Crippen LogP contribution in [0.25, 0.3) is 0 Å². The lowest BCUT2D eigenvalue weighted by Crippen LogP contribution is -2.37. The smallest absolute Gasteiger partial charge is 0.325 e. The van der Waals surface area contributed by atoms with Crippen LogP contribution in [-0.4, -0.2) is 28.5 Å². The molecule has 3 rings (SSSR count). The highest BCUT2D eigenvalue weighted by molar-refractivity contribution is 7.14. The highest BCUT2D eigenvalue weighted by Gasteiger charge is 2.32. The third-order valence-electron chi connectivity index (χ3n) is 3.92. The van der Waals surface area contributed by atoms with Crippen LogP contribution in [0.15, 0.2) is 30.3 Å². The van der Waals surface area contributed by atoms with E-state index in [0.717, 1.165) is 16.9 Å². The average molecular weight is 366 g/mol. The van der Waals surface area contributed by atoms with Gasteiger partial charge in [-0.2, -0.15) is 0 Å². The summed E-state index contributed by atoms with van der Waals surface area (Å²) in [5.41, 5.74) is 1.59. The fourth-order valence-electron chi connectivity index (χ4n) is 2.92. The number of rotatable bonds is 4. The highest BCUT2D eigenvalue weighted by Crippen LogP contribution is 2.37. The first-order valence-corrected chi connectivity index (χ1v) is 8.66. The zero-order valence-electron chi connectivity index (χ0n) is 13.0. The van der Waals surface area contributed by atoms with Crippen molar-refractivity contribution in [1.29, 1.82) is 0 Å². The van der Waals surface area contributed by atoms with Crippen molar-refractivity contribution in [2.75, 3.05) is 6.54 Å². The number of ether oxygens (including phenoxy) is 1. The Kier molecular flexibility index (Phi) is 4.89. The van der Waals surface area contributed by atoms with E-state index in [1.54, 1.807) is 24.3 Å². The molecule has 0 spiro atoms.